The van der Waals surface area contributed by atoms with Gasteiger partial charge >= 0.3 is 5.69 Å². The van der Waals surface area contributed by atoms with Gasteiger partial charge in [-0.1, -0.05) is 24.3 Å². The molecule has 0 fully saturated rings. The van der Waals surface area contributed by atoms with Gasteiger partial charge in [-0.25, -0.2) is 9.47 Å². The molecule has 0 unspecified atom stereocenters. The van der Waals surface area contributed by atoms with Crippen molar-refractivity contribution in [3.63, 3.8) is 0 Å². The van der Waals surface area contributed by atoms with Crippen LogP contribution < -0.4 is 16.7 Å². The van der Waals surface area contributed by atoms with Crippen LogP contribution in [-0.2, 0) is 0 Å². The molecule has 0 radical (unpaired) electrons. The normalized spacial score (nSPS) is 10.9. The van der Waals surface area contributed by atoms with E-state index in [4.69, 9.17) is 0 Å². The van der Waals surface area contributed by atoms with E-state index in [0.29, 0.717) is 10.9 Å². The van der Waals surface area contributed by atoms with Crippen LogP contribution in [0.1, 0.15) is 0 Å². The zero-order valence-corrected chi connectivity index (χ0v) is 9.73. The predicted octanol–water partition coefficient (Wildman–Crippen LogP) is 1.02. The van der Waals surface area contributed by atoms with Gasteiger partial charge in [0, 0.05) is 7.05 Å². The van der Waals surface area contributed by atoms with Gasteiger partial charge in [0.1, 0.15) is 0 Å². The molecule has 3 rings (SSSR count). The fourth-order valence-corrected chi connectivity index (χ4v) is 2.15. The van der Waals surface area contributed by atoms with Crippen molar-refractivity contribution in [3.05, 3.63) is 57.2 Å². The Labute approximate surface area is 102 Å². The van der Waals surface area contributed by atoms with Gasteiger partial charge in [0.05, 0.1) is 10.9 Å². The number of hydrogen-bond acceptors (Lipinski definition) is 3. The Balaban J connectivity index is 2.61. The molecule has 1 heterocycles. The summed E-state index contributed by atoms with van der Waals surface area (Å²) >= 11 is 0. The van der Waals surface area contributed by atoms with Crippen molar-refractivity contribution in [2.24, 2.45) is 0 Å². The minimum absolute atomic E-state index is 0.368. The number of aromatic nitrogens is 2. The molecule has 3 aromatic rings. The second-order valence-corrected chi connectivity index (χ2v) is 4.03. The third kappa shape index (κ3) is 1.41. The van der Waals surface area contributed by atoms with Crippen molar-refractivity contribution in [1.29, 1.82) is 0 Å². The summed E-state index contributed by atoms with van der Waals surface area (Å²) in [6.07, 6.45) is 0. The zero-order chi connectivity index (χ0) is 12.7. The molecule has 0 atom stereocenters. The monoisotopic (exact) mass is 241 g/mol. The van der Waals surface area contributed by atoms with Crippen molar-refractivity contribution >= 4 is 21.7 Å². The molecule has 0 aliphatic carbocycles. The predicted molar refractivity (Wildman–Crippen MR) is 71.6 cm³/mol. The lowest BCUT2D eigenvalue weighted by Crippen LogP contribution is -2.34. The Kier molecular flexibility index (Phi) is 2.19. The first-order valence-electron chi connectivity index (χ1n) is 5.56. The topological polar surface area (TPSA) is 66.9 Å². The average molecular weight is 241 g/mol. The second-order valence-electron chi connectivity index (χ2n) is 4.03. The smallest absolute Gasteiger partial charge is 0.325 e. The summed E-state index contributed by atoms with van der Waals surface area (Å²) in [5, 5.41) is 2.44. The highest BCUT2D eigenvalue weighted by Crippen LogP contribution is 2.18. The van der Waals surface area contributed by atoms with E-state index in [1.54, 1.807) is 13.1 Å². The molecule has 0 spiro atoms. The zero-order valence-electron chi connectivity index (χ0n) is 9.73. The Morgan fingerprint density at radius 3 is 2.44 bits per heavy atom. The van der Waals surface area contributed by atoms with Crippen LogP contribution in [0.4, 0.5) is 0 Å². The van der Waals surface area contributed by atoms with Gasteiger partial charge in [-0.3, -0.25) is 9.78 Å². The third-order valence-corrected chi connectivity index (χ3v) is 3.00. The molecule has 90 valence electrons. The van der Waals surface area contributed by atoms with Gasteiger partial charge in [-0.05, 0) is 22.9 Å². The molecule has 0 bridgehead atoms. The summed E-state index contributed by atoms with van der Waals surface area (Å²) in [7, 11) is 1.63. The fourth-order valence-electron chi connectivity index (χ4n) is 2.15. The van der Waals surface area contributed by atoms with Crippen LogP contribution in [0.2, 0.25) is 0 Å². The van der Waals surface area contributed by atoms with E-state index in [-0.39, 0.29) is 5.56 Å². The average Bonchev–Trinajstić information content (AvgIpc) is 2.37. The van der Waals surface area contributed by atoms with E-state index in [0.717, 1.165) is 10.8 Å². The molecule has 18 heavy (non-hydrogen) atoms. The van der Waals surface area contributed by atoms with Crippen molar-refractivity contribution in [2.75, 3.05) is 12.5 Å². The lowest BCUT2D eigenvalue weighted by Gasteiger charge is -2.09. The van der Waals surface area contributed by atoms with Crippen molar-refractivity contribution in [3.8, 4) is 0 Å². The van der Waals surface area contributed by atoms with E-state index in [2.05, 4.69) is 10.4 Å². The van der Waals surface area contributed by atoms with Gasteiger partial charge in [0.2, 0.25) is 0 Å². The molecule has 2 N–H and O–H groups in total. The number of nitrogens with zero attached hydrogens (tertiary/aromatic N) is 1. The van der Waals surface area contributed by atoms with Gasteiger partial charge in [0.25, 0.3) is 5.56 Å². The molecule has 0 aliphatic rings. The standard InChI is InChI=1S/C13H11N3O2/c1-14-16-11-7-9-5-3-2-4-8(9)6-10(11)12(17)15-13(16)18/h2-7,14H,1H3,(H,15,17,18). The first-order chi connectivity index (χ1) is 8.70. The van der Waals surface area contributed by atoms with Crippen LogP contribution >= 0.6 is 0 Å². The van der Waals surface area contributed by atoms with Crippen LogP contribution in [0.3, 0.4) is 0 Å². The van der Waals surface area contributed by atoms with Crippen molar-refractivity contribution in [1.82, 2.24) is 9.66 Å². The summed E-state index contributed by atoms with van der Waals surface area (Å²) in [5.41, 5.74) is 2.50. The fraction of sp³-hybridized carbons (Fsp3) is 0.0769. The van der Waals surface area contributed by atoms with Crippen molar-refractivity contribution in [2.45, 2.75) is 0 Å². The van der Waals surface area contributed by atoms with E-state index >= 15 is 0 Å². The lowest BCUT2D eigenvalue weighted by molar-refractivity contribution is 0.854. The quantitative estimate of drug-likeness (QED) is 0.625. The summed E-state index contributed by atoms with van der Waals surface area (Å²) in [6.45, 7) is 0. The number of hydrogen-bond donors (Lipinski definition) is 2. The molecule has 2 aromatic carbocycles. The molecule has 1 aromatic heterocycles. The maximum absolute atomic E-state index is 11.8. The van der Waals surface area contributed by atoms with E-state index < -0.39 is 5.69 Å². The van der Waals surface area contributed by atoms with E-state index in [1.807, 2.05) is 30.3 Å². The molecule has 0 saturated carbocycles. The molecule has 0 saturated heterocycles. The Bertz CT molecular complexity index is 861. The number of aromatic amines is 1. The van der Waals surface area contributed by atoms with Crippen LogP contribution in [0, 0.1) is 0 Å². The summed E-state index contributed by atoms with van der Waals surface area (Å²) in [6, 6.07) is 11.3. The van der Waals surface area contributed by atoms with Crippen LogP contribution in [-0.4, -0.2) is 16.7 Å². The molecule has 0 aliphatic heterocycles. The lowest BCUT2D eigenvalue weighted by atomic mass is 10.1. The Morgan fingerprint density at radius 1 is 1.11 bits per heavy atom. The van der Waals surface area contributed by atoms with E-state index in [1.165, 1.54) is 4.68 Å². The van der Waals surface area contributed by atoms with Crippen LogP contribution in [0.5, 0.6) is 0 Å². The number of nitrogens with one attached hydrogen (secondary N) is 2. The minimum Gasteiger partial charge on any atom is -0.325 e. The second kappa shape index (κ2) is 3.73. The first-order valence-corrected chi connectivity index (χ1v) is 5.56. The highest BCUT2D eigenvalue weighted by Gasteiger charge is 2.07. The Hall–Kier alpha value is -2.56. The molecule has 0 amide bonds. The first kappa shape index (κ1) is 10.6. The minimum atomic E-state index is -0.467. The number of rotatable bonds is 1. The molecular formula is C13H11N3O2. The maximum atomic E-state index is 11.8. The van der Waals surface area contributed by atoms with Gasteiger partial charge in [0.15, 0.2) is 0 Å². The number of benzene rings is 2. The van der Waals surface area contributed by atoms with Crippen molar-refractivity contribution < 1.29 is 0 Å². The maximum Gasteiger partial charge on any atom is 0.347 e. The van der Waals surface area contributed by atoms with Crippen LogP contribution in [0.25, 0.3) is 21.7 Å². The van der Waals surface area contributed by atoms with Gasteiger partial charge in [-0.15, -0.1) is 0 Å². The highest BCUT2D eigenvalue weighted by atomic mass is 16.2. The highest BCUT2D eigenvalue weighted by molar-refractivity contribution is 5.96. The summed E-state index contributed by atoms with van der Waals surface area (Å²) in [4.78, 5) is 25.8. The third-order valence-electron chi connectivity index (χ3n) is 3.00. The summed E-state index contributed by atoms with van der Waals surface area (Å²) < 4.78 is 1.32. The SMILES string of the molecule is CNn1c(=O)[nH]c(=O)c2cc3ccccc3cc21. The molecule has 5 heteroatoms. The molecule has 5 nitrogen and oxygen atoms in total. The summed E-state index contributed by atoms with van der Waals surface area (Å²) in [5.74, 6) is 0. The number of fused-ring (bicyclic) bond motifs is 2. The number of H-pyrrole nitrogens is 1. The van der Waals surface area contributed by atoms with E-state index in [9.17, 15) is 9.59 Å². The molecular weight excluding hydrogens is 230 g/mol. The largest absolute Gasteiger partial charge is 0.347 e. The van der Waals surface area contributed by atoms with Gasteiger partial charge < -0.3 is 5.43 Å². The Morgan fingerprint density at radius 2 is 1.78 bits per heavy atom. The van der Waals surface area contributed by atoms with Crippen LogP contribution in [0.15, 0.2) is 46.0 Å². The van der Waals surface area contributed by atoms with Gasteiger partial charge in [-0.2, -0.15) is 0 Å².